The molecule has 0 aliphatic carbocycles. The van der Waals surface area contributed by atoms with E-state index in [-0.39, 0.29) is 16.3 Å². The van der Waals surface area contributed by atoms with Crippen LogP contribution in [0.5, 0.6) is 0 Å². The fraction of sp³-hybridized carbons (Fsp3) is 0.100. The number of nitrogens with one attached hydrogen (secondary N) is 2. The number of H-pyrrole nitrogens is 2. The Morgan fingerprint density at radius 1 is 1.03 bits per heavy atom. The summed E-state index contributed by atoms with van der Waals surface area (Å²) >= 11 is 6.25. The van der Waals surface area contributed by atoms with Crippen molar-refractivity contribution in [3.63, 3.8) is 0 Å². The zero-order valence-corrected chi connectivity index (χ0v) is 17.1. The van der Waals surface area contributed by atoms with E-state index in [0.717, 1.165) is 5.56 Å². The number of benzene rings is 2. The lowest BCUT2D eigenvalue weighted by atomic mass is 10.0. The SMILES string of the molecule is CS(C)(=O)=Nc1ccc(-c2ccc(-c3nc4[nH]c(=O)[nH]c4cc3Cl)c(F)c2)cc1. The van der Waals surface area contributed by atoms with Crippen LogP contribution in [0.2, 0.25) is 5.02 Å². The Morgan fingerprint density at radius 2 is 1.72 bits per heavy atom. The van der Waals surface area contributed by atoms with Crippen LogP contribution in [0.15, 0.2) is 57.7 Å². The van der Waals surface area contributed by atoms with Gasteiger partial charge in [0.2, 0.25) is 0 Å². The lowest BCUT2D eigenvalue weighted by Gasteiger charge is -2.08. The number of fused-ring (bicyclic) bond motifs is 1. The number of imidazole rings is 1. The van der Waals surface area contributed by atoms with Gasteiger partial charge in [0.1, 0.15) is 5.82 Å². The summed E-state index contributed by atoms with van der Waals surface area (Å²) in [6, 6.07) is 13.3. The van der Waals surface area contributed by atoms with Gasteiger partial charge in [-0.05, 0) is 41.5 Å². The van der Waals surface area contributed by atoms with Crippen molar-refractivity contribution in [3.05, 3.63) is 69.9 Å². The van der Waals surface area contributed by atoms with Crippen LogP contribution in [-0.2, 0) is 9.73 Å². The second-order valence-corrected chi connectivity index (χ2v) is 9.76. The van der Waals surface area contributed by atoms with Crippen molar-refractivity contribution < 1.29 is 8.60 Å². The molecule has 0 bridgehead atoms. The van der Waals surface area contributed by atoms with E-state index in [1.165, 1.54) is 12.1 Å². The molecule has 9 heteroatoms. The fourth-order valence-corrected chi connectivity index (χ4v) is 3.87. The van der Waals surface area contributed by atoms with Crippen molar-refractivity contribution in [3.8, 4) is 22.4 Å². The van der Waals surface area contributed by atoms with Crippen molar-refractivity contribution in [2.45, 2.75) is 0 Å². The van der Waals surface area contributed by atoms with Crippen molar-refractivity contribution in [2.24, 2.45) is 4.36 Å². The molecule has 0 aliphatic heterocycles. The molecule has 29 heavy (non-hydrogen) atoms. The second-order valence-electron chi connectivity index (χ2n) is 6.81. The lowest BCUT2D eigenvalue weighted by molar-refractivity contribution is 0.631. The molecule has 0 aliphatic rings. The van der Waals surface area contributed by atoms with Gasteiger partial charge in [-0.25, -0.2) is 18.4 Å². The highest BCUT2D eigenvalue weighted by atomic mass is 35.5. The van der Waals surface area contributed by atoms with Crippen molar-refractivity contribution in [1.82, 2.24) is 15.0 Å². The molecule has 2 N–H and O–H groups in total. The van der Waals surface area contributed by atoms with Gasteiger partial charge in [0.25, 0.3) is 0 Å². The lowest BCUT2D eigenvalue weighted by Crippen LogP contribution is -1.99. The topological polar surface area (TPSA) is 91.0 Å². The Morgan fingerprint density at radius 3 is 2.38 bits per heavy atom. The number of pyridine rings is 1. The monoisotopic (exact) mass is 430 g/mol. The molecule has 2 aromatic carbocycles. The van der Waals surface area contributed by atoms with E-state index >= 15 is 0 Å². The van der Waals surface area contributed by atoms with Crippen LogP contribution in [0, 0.1) is 5.82 Å². The van der Waals surface area contributed by atoms with E-state index in [4.69, 9.17) is 11.6 Å². The van der Waals surface area contributed by atoms with Crippen molar-refractivity contribution in [2.75, 3.05) is 12.5 Å². The Kier molecular flexibility index (Phi) is 4.76. The molecule has 2 heterocycles. The molecule has 4 aromatic rings. The maximum absolute atomic E-state index is 14.9. The van der Waals surface area contributed by atoms with E-state index in [9.17, 15) is 13.4 Å². The smallest absolute Gasteiger partial charge is 0.304 e. The van der Waals surface area contributed by atoms with E-state index in [0.29, 0.717) is 22.4 Å². The number of rotatable bonds is 3. The van der Waals surface area contributed by atoms with E-state index in [1.807, 2.05) is 0 Å². The average molecular weight is 431 g/mol. The Bertz CT molecular complexity index is 1410. The van der Waals surface area contributed by atoms with E-state index < -0.39 is 21.2 Å². The number of nitrogens with zero attached hydrogens (tertiary/aromatic N) is 2. The normalized spacial score (nSPS) is 11.7. The quantitative estimate of drug-likeness (QED) is 0.492. The third-order valence-electron chi connectivity index (χ3n) is 4.21. The molecule has 2 aromatic heterocycles. The number of hydrogen-bond acceptors (Lipinski definition) is 4. The summed E-state index contributed by atoms with van der Waals surface area (Å²) in [6.07, 6.45) is 3.13. The Labute approximate surface area is 171 Å². The Balaban J connectivity index is 1.73. The van der Waals surface area contributed by atoms with Gasteiger partial charge in [-0.3, -0.25) is 4.98 Å². The molecule has 0 spiro atoms. The Hall–Kier alpha value is -2.97. The minimum Gasteiger partial charge on any atom is -0.304 e. The van der Waals surface area contributed by atoms with Gasteiger partial charge in [0.15, 0.2) is 5.65 Å². The number of halogens is 2. The van der Waals surface area contributed by atoms with Crippen LogP contribution in [0.25, 0.3) is 33.5 Å². The van der Waals surface area contributed by atoms with Crippen molar-refractivity contribution >= 4 is 38.2 Å². The van der Waals surface area contributed by atoms with Crippen LogP contribution in [0.3, 0.4) is 0 Å². The summed E-state index contributed by atoms with van der Waals surface area (Å²) < 4.78 is 30.8. The highest BCUT2D eigenvalue weighted by molar-refractivity contribution is 7.92. The minimum absolute atomic E-state index is 0.228. The number of aromatic amines is 2. The molecule has 0 saturated heterocycles. The van der Waals surface area contributed by atoms with Crippen molar-refractivity contribution in [1.29, 1.82) is 0 Å². The fourth-order valence-electron chi connectivity index (χ4n) is 2.98. The van der Waals surface area contributed by atoms with Gasteiger partial charge in [-0.15, -0.1) is 0 Å². The second kappa shape index (κ2) is 7.13. The predicted octanol–water partition coefficient (Wildman–Crippen LogP) is 4.74. The zero-order valence-electron chi connectivity index (χ0n) is 15.5. The predicted molar refractivity (Wildman–Crippen MR) is 115 cm³/mol. The maximum atomic E-state index is 14.9. The van der Waals surface area contributed by atoms with Gasteiger partial charge < -0.3 is 4.98 Å². The summed E-state index contributed by atoms with van der Waals surface area (Å²) in [7, 11) is -2.24. The average Bonchev–Trinajstić information content (AvgIpc) is 2.99. The molecular formula is C20H16ClFN4O2S. The largest absolute Gasteiger partial charge is 0.325 e. The molecule has 148 valence electrons. The minimum atomic E-state index is -2.24. The number of aromatic nitrogens is 3. The maximum Gasteiger partial charge on any atom is 0.325 e. The molecule has 0 unspecified atom stereocenters. The molecule has 0 fully saturated rings. The molecule has 4 rings (SSSR count). The zero-order chi connectivity index (χ0) is 20.8. The van der Waals surface area contributed by atoms with Crippen LogP contribution in [0.4, 0.5) is 10.1 Å². The molecule has 0 saturated carbocycles. The first-order chi connectivity index (χ1) is 13.7. The first-order valence-corrected chi connectivity index (χ1v) is 11.3. The van der Waals surface area contributed by atoms with Gasteiger partial charge >= 0.3 is 5.69 Å². The summed E-state index contributed by atoms with van der Waals surface area (Å²) in [5, 5.41) is 0.230. The van der Waals surface area contributed by atoms with Gasteiger partial charge in [0, 0.05) is 27.8 Å². The standard InChI is InChI=1S/C20H16ClFN4O2S/c1-29(2,28)26-13-6-3-11(4-7-13)12-5-8-14(16(22)9-12)18-15(21)10-17-19(24-18)25-20(27)23-17/h3-10H,1-2H3,(H2,23,24,25,27). The van der Waals surface area contributed by atoms with Gasteiger partial charge in [0.05, 0.1) is 21.9 Å². The number of hydrogen-bond donors (Lipinski definition) is 2. The highest BCUT2D eigenvalue weighted by Gasteiger charge is 2.14. The van der Waals surface area contributed by atoms with Gasteiger partial charge in [-0.2, -0.15) is 4.36 Å². The third-order valence-corrected chi connectivity index (χ3v) is 5.14. The van der Waals surface area contributed by atoms with Crippen LogP contribution in [-0.4, -0.2) is 31.7 Å². The molecule has 0 atom stereocenters. The summed E-state index contributed by atoms with van der Waals surface area (Å²) in [5.74, 6) is -0.493. The molecule has 0 amide bonds. The first kappa shape index (κ1) is 19.4. The van der Waals surface area contributed by atoms with E-state index in [1.54, 1.807) is 48.9 Å². The summed E-state index contributed by atoms with van der Waals surface area (Å²) in [5.41, 5.74) is 2.88. The summed E-state index contributed by atoms with van der Waals surface area (Å²) in [4.78, 5) is 20.8. The highest BCUT2D eigenvalue weighted by Crippen LogP contribution is 2.32. The van der Waals surface area contributed by atoms with Crippen LogP contribution >= 0.6 is 11.6 Å². The van der Waals surface area contributed by atoms with Crippen LogP contribution < -0.4 is 5.69 Å². The van der Waals surface area contributed by atoms with E-state index in [2.05, 4.69) is 19.3 Å². The molecule has 0 radical (unpaired) electrons. The molecule has 6 nitrogen and oxygen atoms in total. The van der Waals surface area contributed by atoms with Crippen LogP contribution in [0.1, 0.15) is 0 Å². The third kappa shape index (κ3) is 4.08. The summed E-state index contributed by atoms with van der Waals surface area (Å²) in [6.45, 7) is 0. The van der Waals surface area contributed by atoms with Gasteiger partial charge in [-0.1, -0.05) is 29.8 Å². The first-order valence-electron chi connectivity index (χ1n) is 8.56. The molecular weight excluding hydrogens is 415 g/mol.